The SMILES string of the molecule is c1ccc(-c2nc(-c3ccccc3)nc(-c3c(-c4ccc5ccccc5c4)ccc4oc5ccccc5c34)n2)cc1. The van der Waals surface area contributed by atoms with E-state index in [1.165, 1.54) is 10.8 Å². The monoisotopic (exact) mass is 525 g/mol. The molecule has 0 radical (unpaired) electrons. The van der Waals surface area contributed by atoms with E-state index in [0.717, 1.165) is 49.8 Å². The van der Waals surface area contributed by atoms with Gasteiger partial charge in [-0.05, 0) is 46.2 Å². The third-order valence-corrected chi connectivity index (χ3v) is 7.53. The van der Waals surface area contributed by atoms with Crippen LogP contribution in [0.5, 0.6) is 0 Å². The zero-order valence-electron chi connectivity index (χ0n) is 22.0. The first kappa shape index (κ1) is 23.3. The second-order valence-electron chi connectivity index (χ2n) is 10.1. The molecule has 0 saturated carbocycles. The number of hydrogen-bond acceptors (Lipinski definition) is 4. The highest BCUT2D eigenvalue weighted by Gasteiger charge is 2.22. The molecule has 0 bridgehead atoms. The van der Waals surface area contributed by atoms with Crippen LogP contribution in [-0.2, 0) is 0 Å². The lowest BCUT2D eigenvalue weighted by molar-refractivity contribution is 0.669. The van der Waals surface area contributed by atoms with Crippen molar-refractivity contribution in [3.63, 3.8) is 0 Å². The minimum Gasteiger partial charge on any atom is -0.456 e. The minimum atomic E-state index is 0.609. The summed E-state index contributed by atoms with van der Waals surface area (Å²) in [5.74, 6) is 1.87. The summed E-state index contributed by atoms with van der Waals surface area (Å²) in [4.78, 5) is 15.2. The average Bonchev–Trinajstić information content (AvgIpc) is 3.43. The zero-order valence-corrected chi connectivity index (χ0v) is 22.0. The molecule has 0 unspecified atom stereocenters. The Kier molecular flexibility index (Phi) is 5.42. The van der Waals surface area contributed by atoms with Gasteiger partial charge in [-0.2, -0.15) is 0 Å². The Morgan fingerprint density at radius 2 is 1.02 bits per heavy atom. The maximum absolute atomic E-state index is 6.33. The van der Waals surface area contributed by atoms with Gasteiger partial charge in [-0.3, -0.25) is 0 Å². The van der Waals surface area contributed by atoms with E-state index in [-0.39, 0.29) is 0 Å². The smallest absolute Gasteiger partial charge is 0.165 e. The number of furan rings is 1. The molecular formula is C37H23N3O. The highest BCUT2D eigenvalue weighted by Crippen LogP contribution is 2.42. The van der Waals surface area contributed by atoms with Crippen LogP contribution in [0.1, 0.15) is 0 Å². The molecule has 0 aliphatic heterocycles. The Bertz CT molecular complexity index is 2140. The van der Waals surface area contributed by atoms with Gasteiger partial charge in [0.2, 0.25) is 0 Å². The second kappa shape index (κ2) is 9.54. The molecule has 0 fully saturated rings. The first-order valence-corrected chi connectivity index (χ1v) is 13.6. The van der Waals surface area contributed by atoms with Crippen molar-refractivity contribution in [3.8, 4) is 45.3 Å². The molecule has 4 nitrogen and oxygen atoms in total. The van der Waals surface area contributed by atoms with Gasteiger partial charge >= 0.3 is 0 Å². The Morgan fingerprint density at radius 3 is 1.76 bits per heavy atom. The third-order valence-electron chi connectivity index (χ3n) is 7.53. The lowest BCUT2D eigenvalue weighted by Crippen LogP contribution is -2.01. The lowest BCUT2D eigenvalue weighted by Gasteiger charge is -2.14. The van der Waals surface area contributed by atoms with E-state index in [0.29, 0.717) is 17.5 Å². The van der Waals surface area contributed by atoms with E-state index in [4.69, 9.17) is 19.4 Å². The number of nitrogens with zero attached hydrogens (tertiary/aromatic N) is 3. The van der Waals surface area contributed by atoms with E-state index >= 15 is 0 Å². The van der Waals surface area contributed by atoms with Crippen LogP contribution in [0, 0.1) is 0 Å². The summed E-state index contributed by atoms with van der Waals surface area (Å²) in [7, 11) is 0. The maximum atomic E-state index is 6.33. The second-order valence-corrected chi connectivity index (χ2v) is 10.1. The van der Waals surface area contributed by atoms with Gasteiger partial charge in [-0.1, -0.05) is 115 Å². The Hall–Kier alpha value is -5.61. The highest BCUT2D eigenvalue weighted by molar-refractivity contribution is 6.15. The highest BCUT2D eigenvalue weighted by atomic mass is 16.3. The van der Waals surface area contributed by atoms with Crippen LogP contribution in [0.3, 0.4) is 0 Å². The molecule has 41 heavy (non-hydrogen) atoms. The van der Waals surface area contributed by atoms with Crippen LogP contribution in [0.15, 0.2) is 144 Å². The van der Waals surface area contributed by atoms with Crippen LogP contribution in [0.2, 0.25) is 0 Å². The largest absolute Gasteiger partial charge is 0.456 e. The van der Waals surface area contributed by atoms with Gasteiger partial charge in [-0.15, -0.1) is 0 Å². The quantitative estimate of drug-likeness (QED) is 0.230. The van der Waals surface area contributed by atoms with Crippen molar-refractivity contribution in [2.45, 2.75) is 0 Å². The summed E-state index contributed by atoms with van der Waals surface area (Å²) in [6.45, 7) is 0. The number of hydrogen-bond donors (Lipinski definition) is 0. The fourth-order valence-electron chi connectivity index (χ4n) is 5.57. The molecule has 2 heterocycles. The predicted octanol–water partition coefficient (Wildman–Crippen LogP) is 9.59. The van der Waals surface area contributed by atoms with Crippen molar-refractivity contribution in [3.05, 3.63) is 140 Å². The van der Waals surface area contributed by atoms with Crippen LogP contribution < -0.4 is 0 Å². The standard InChI is InChI=1S/C37H23N3O/c1-3-12-25(13-4-1)35-38-36(26-14-5-2-6-15-26)40-37(39-35)34-29(28-20-19-24-11-7-8-16-27(24)23-28)21-22-32-33(34)30-17-9-10-18-31(30)41-32/h1-23H. The number of aromatic nitrogens is 3. The summed E-state index contributed by atoms with van der Waals surface area (Å²) in [6.07, 6.45) is 0. The summed E-state index contributed by atoms with van der Waals surface area (Å²) < 4.78 is 6.33. The van der Waals surface area contributed by atoms with Crippen molar-refractivity contribution in [2.75, 3.05) is 0 Å². The Labute approximate surface area is 236 Å². The Balaban J connectivity index is 1.48. The molecule has 0 amide bonds. The van der Waals surface area contributed by atoms with E-state index < -0.39 is 0 Å². The third kappa shape index (κ3) is 4.05. The molecule has 2 aromatic heterocycles. The van der Waals surface area contributed by atoms with Gasteiger partial charge in [0.05, 0.1) is 0 Å². The van der Waals surface area contributed by atoms with Gasteiger partial charge < -0.3 is 4.42 Å². The molecule has 0 N–H and O–H groups in total. The summed E-state index contributed by atoms with van der Waals surface area (Å²) in [5, 5.41) is 4.41. The molecule has 192 valence electrons. The van der Waals surface area contributed by atoms with Crippen molar-refractivity contribution < 1.29 is 4.42 Å². The zero-order chi connectivity index (χ0) is 27.2. The number of fused-ring (bicyclic) bond motifs is 4. The normalized spacial score (nSPS) is 11.4. The molecular weight excluding hydrogens is 502 g/mol. The summed E-state index contributed by atoms with van der Waals surface area (Å²) in [6, 6.07) is 47.5. The van der Waals surface area contributed by atoms with Gasteiger partial charge in [0.1, 0.15) is 11.2 Å². The van der Waals surface area contributed by atoms with E-state index in [2.05, 4.69) is 60.7 Å². The first-order valence-electron chi connectivity index (χ1n) is 13.6. The molecule has 8 aromatic rings. The van der Waals surface area contributed by atoms with Gasteiger partial charge in [-0.25, -0.2) is 15.0 Å². The number of para-hydroxylation sites is 1. The maximum Gasteiger partial charge on any atom is 0.165 e. The van der Waals surface area contributed by atoms with E-state index in [1.807, 2.05) is 78.9 Å². The molecule has 0 aliphatic rings. The Morgan fingerprint density at radius 1 is 0.415 bits per heavy atom. The van der Waals surface area contributed by atoms with Crippen LogP contribution in [0.25, 0.3) is 78.0 Å². The molecule has 0 spiro atoms. The van der Waals surface area contributed by atoms with Crippen molar-refractivity contribution in [1.29, 1.82) is 0 Å². The predicted molar refractivity (Wildman–Crippen MR) is 166 cm³/mol. The van der Waals surface area contributed by atoms with E-state index in [9.17, 15) is 0 Å². The molecule has 0 aliphatic carbocycles. The number of rotatable bonds is 4. The molecule has 6 aromatic carbocycles. The van der Waals surface area contributed by atoms with Gasteiger partial charge in [0, 0.05) is 27.5 Å². The molecule has 0 atom stereocenters. The summed E-state index contributed by atoms with van der Waals surface area (Å²) >= 11 is 0. The molecule has 8 rings (SSSR count). The first-order chi connectivity index (χ1) is 20.3. The fourth-order valence-corrected chi connectivity index (χ4v) is 5.57. The summed E-state index contributed by atoms with van der Waals surface area (Å²) in [5.41, 5.74) is 6.57. The topological polar surface area (TPSA) is 51.8 Å². The molecule has 4 heteroatoms. The molecule has 0 saturated heterocycles. The fraction of sp³-hybridized carbons (Fsp3) is 0. The van der Waals surface area contributed by atoms with Crippen LogP contribution >= 0.6 is 0 Å². The van der Waals surface area contributed by atoms with Crippen molar-refractivity contribution in [1.82, 2.24) is 15.0 Å². The van der Waals surface area contributed by atoms with Crippen molar-refractivity contribution >= 4 is 32.7 Å². The van der Waals surface area contributed by atoms with Crippen molar-refractivity contribution in [2.24, 2.45) is 0 Å². The van der Waals surface area contributed by atoms with Crippen LogP contribution in [-0.4, -0.2) is 15.0 Å². The number of benzene rings is 6. The van der Waals surface area contributed by atoms with Gasteiger partial charge in [0.25, 0.3) is 0 Å². The minimum absolute atomic E-state index is 0.609. The van der Waals surface area contributed by atoms with Crippen LogP contribution in [0.4, 0.5) is 0 Å². The van der Waals surface area contributed by atoms with E-state index in [1.54, 1.807) is 0 Å². The van der Waals surface area contributed by atoms with Gasteiger partial charge in [0.15, 0.2) is 17.5 Å². The lowest BCUT2D eigenvalue weighted by atomic mass is 9.93. The average molecular weight is 526 g/mol.